The molecule has 1 aromatic carbocycles. The minimum atomic E-state index is -0.276. The second-order valence-electron chi connectivity index (χ2n) is 4.91. The third kappa shape index (κ3) is 3.39. The fourth-order valence-corrected chi connectivity index (χ4v) is 2.51. The number of hydrogen-bond donors (Lipinski definition) is 1. The van der Waals surface area contributed by atoms with Gasteiger partial charge < -0.3 is 15.0 Å². The average Bonchev–Trinajstić information content (AvgIpc) is 2.37. The van der Waals surface area contributed by atoms with Crippen molar-refractivity contribution in [3.05, 3.63) is 34.9 Å². The van der Waals surface area contributed by atoms with Crippen LogP contribution in [0.2, 0.25) is 5.02 Å². The predicted octanol–water partition coefficient (Wildman–Crippen LogP) is 2.66. The van der Waals surface area contributed by atoms with E-state index < -0.39 is 0 Å². The Morgan fingerprint density at radius 1 is 1.37 bits per heavy atom. The summed E-state index contributed by atoms with van der Waals surface area (Å²) in [6.45, 7) is 5.83. The number of benzene rings is 1. The molecule has 0 spiro atoms. The van der Waals surface area contributed by atoms with Crippen molar-refractivity contribution in [3.63, 3.8) is 0 Å². The van der Waals surface area contributed by atoms with Crippen LogP contribution in [0.5, 0.6) is 0 Å². The van der Waals surface area contributed by atoms with Gasteiger partial charge in [-0.25, -0.2) is 4.79 Å². The molecule has 4 nitrogen and oxygen atoms in total. The van der Waals surface area contributed by atoms with Crippen molar-refractivity contribution in [2.75, 3.05) is 13.1 Å². The van der Waals surface area contributed by atoms with Crippen molar-refractivity contribution in [2.24, 2.45) is 0 Å². The lowest BCUT2D eigenvalue weighted by molar-refractivity contribution is 0.0564. The van der Waals surface area contributed by atoms with Crippen LogP contribution in [0, 0.1) is 0 Å². The number of piperazine rings is 1. The van der Waals surface area contributed by atoms with Gasteiger partial charge in [0.05, 0.1) is 0 Å². The third-order valence-corrected chi connectivity index (χ3v) is 3.72. The smallest absolute Gasteiger partial charge is 0.410 e. The molecular formula is C14H19ClN2O2. The zero-order chi connectivity index (χ0) is 13.8. The van der Waals surface area contributed by atoms with E-state index in [4.69, 9.17) is 16.3 Å². The highest BCUT2D eigenvalue weighted by atomic mass is 35.5. The molecule has 0 saturated carbocycles. The first-order chi connectivity index (χ1) is 9.09. The standard InChI is InChI=1S/C14H19ClN2O2/c1-10-7-16-8-11(2)17(10)14(18)19-9-12-5-3-4-6-13(12)15/h3-6,10-11,16H,7-9H2,1-2H3/t10-,11+. The van der Waals surface area contributed by atoms with Gasteiger partial charge in [-0.3, -0.25) is 0 Å². The van der Waals surface area contributed by atoms with E-state index in [1.807, 2.05) is 32.0 Å². The summed E-state index contributed by atoms with van der Waals surface area (Å²) in [6, 6.07) is 7.67. The van der Waals surface area contributed by atoms with Crippen molar-refractivity contribution in [3.8, 4) is 0 Å². The van der Waals surface area contributed by atoms with E-state index in [0.717, 1.165) is 18.7 Å². The van der Waals surface area contributed by atoms with Gasteiger partial charge in [-0.05, 0) is 19.9 Å². The zero-order valence-electron chi connectivity index (χ0n) is 11.2. The number of halogens is 1. The molecule has 1 aliphatic rings. The normalized spacial score (nSPS) is 23.2. The van der Waals surface area contributed by atoms with Crippen LogP contribution >= 0.6 is 11.6 Å². The maximum Gasteiger partial charge on any atom is 0.410 e. The fraction of sp³-hybridized carbons (Fsp3) is 0.500. The van der Waals surface area contributed by atoms with Crippen LogP contribution in [0.25, 0.3) is 0 Å². The number of rotatable bonds is 2. The molecule has 19 heavy (non-hydrogen) atoms. The topological polar surface area (TPSA) is 41.6 Å². The fourth-order valence-electron chi connectivity index (χ4n) is 2.32. The van der Waals surface area contributed by atoms with E-state index in [1.165, 1.54) is 0 Å². The molecule has 104 valence electrons. The second-order valence-corrected chi connectivity index (χ2v) is 5.32. The molecule has 0 bridgehead atoms. The summed E-state index contributed by atoms with van der Waals surface area (Å²) in [5.41, 5.74) is 0.827. The molecule has 1 fully saturated rings. The number of carbonyl (C=O) groups excluding carboxylic acids is 1. The number of amides is 1. The molecule has 0 aliphatic carbocycles. The Labute approximate surface area is 118 Å². The van der Waals surface area contributed by atoms with Crippen LogP contribution in [-0.2, 0) is 11.3 Å². The minimum absolute atomic E-state index is 0.141. The van der Waals surface area contributed by atoms with E-state index in [1.54, 1.807) is 11.0 Å². The van der Waals surface area contributed by atoms with Gasteiger partial charge in [0.25, 0.3) is 0 Å². The van der Waals surface area contributed by atoms with Crippen molar-refractivity contribution in [1.29, 1.82) is 0 Å². The van der Waals surface area contributed by atoms with Crippen molar-refractivity contribution in [2.45, 2.75) is 32.5 Å². The summed E-state index contributed by atoms with van der Waals surface area (Å²) in [4.78, 5) is 13.9. The Balaban J connectivity index is 1.95. The van der Waals surface area contributed by atoms with Crippen LogP contribution in [0.3, 0.4) is 0 Å². The van der Waals surface area contributed by atoms with Gasteiger partial charge in [0.2, 0.25) is 0 Å². The molecule has 2 rings (SSSR count). The van der Waals surface area contributed by atoms with Crippen molar-refractivity contribution < 1.29 is 9.53 Å². The molecule has 1 aliphatic heterocycles. The number of nitrogens with zero attached hydrogens (tertiary/aromatic N) is 1. The van der Waals surface area contributed by atoms with E-state index in [2.05, 4.69) is 5.32 Å². The monoisotopic (exact) mass is 282 g/mol. The lowest BCUT2D eigenvalue weighted by Crippen LogP contribution is -2.57. The van der Waals surface area contributed by atoms with Gasteiger partial charge in [-0.15, -0.1) is 0 Å². The first-order valence-electron chi connectivity index (χ1n) is 6.49. The summed E-state index contributed by atoms with van der Waals surface area (Å²) in [7, 11) is 0. The molecule has 1 aromatic rings. The van der Waals surface area contributed by atoms with Crippen LogP contribution in [0.4, 0.5) is 4.79 Å². The van der Waals surface area contributed by atoms with Gasteiger partial charge >= 0.3 is 6.09 Å². The van der Waals surface area contributed by atoms with Gasteiger partial charge in [-0.1, -0.05) is 29.8 Å². The second kappa shape index (κ2) is 6.26. The van der Waals surface area contributed by atoms with Crippen LogP contribution in [0.15, 0.2) is 24.3 Å². The Bertz CT molecular complexity index is 443. The highest BCUT2D eigenvalue weighted by Crippen LogP contribution is 2.17. The third-order valence-electron chi connectivity index (χ3n) is 3.35. The average molecular weight is 283 g/mol. The summed E-state index contributed by atoms with van der Waals surface area (Å²) in [5, 5.41) is 3.90. The van der Waals surface area contributed by atoms with Crippen LogP contribution in [-0.4, -0.2) is 36.2 Å². The highest BCUT2D eigenvalue weighted by Gasteiger charge is 2.29. The van der Waals surface area contributed by atoms with Gasteiger partial charge in [-0.2, -0.15) is 0 Å². The van der Waals surface area contributed by atoms with E-state index in [-0.39, 0.29) is 24.8 Å². The maximum atomic E-state index is 12.1. The lowest BCUT2D eigenvalue weighted by atomic mass is 10.1. The first kappa shape index (κ1) is 14.2. The SMILES string of the molecule is C[C@@H]1CNC[C@H](C)N1C(=O)OCc1ccccc1Cl. The van der Waals surface area contributed by atoms with E-state index >= 15 is 0 Å². The molecule has 0 aromatic heterocycles. The van der Waals surface area contributed by atoms with Gasteiger partial charge in [0, 0.05) is 35.8 Å². The summed E-state index contributed by atoms with van der Waals surface area (Å²) >= 11 is 6.04. The molecule has 0 unspecified atom stereocenters. The minimum Gasteiger partial charge on any atom is -0.444 e. The number of carbonyl (C=O) groups is 1. The number of ether oxygens (including phenoxy) is 1. The van der Waals surface area contributed by atoms with E-state index in [0.29, 0.717) is 5.02 Å². The largest absolute Gasteiger partial charge is 0.444 e. The molecule has 5 heteroatoms. The Morgan fingerprint density at radius 2 is 2.00 bits per heavy atom. The quantitative estimate of drug-likeness (QED) is 0.907. The Morgan fingerprint density at radius 3 is 2.63 bits per heavy atom. The molecule has 1 N–H and O–H groups in total. The zero-order valence-corrected chi connectivity index (χ0v) is 12.0. The Hall–Kier alpha value is -1.26. The van der Waals surface area contributed by atoms with Gasteiger partial charge in [0.15, 0.2) is 0 Å². The molecular weight excluding hydrogens is 264 g/mol. The first-order valence-corrected chi connectivity index (χ1v) is 6.86. The molecule has 1 saturated heterocycles. The number of hydrogen-bond acceptors (Lipinski definition) is 3. The summed E-state index contributed by atoms with van der Waals surface area (Å²) in [5.74, 6) is 0. The van der Waals surface area contributed by atoms with Crippen molar-refractivity contribution in [1.82, 2.24) is 10.2 Å². The Kier molecular flexibility index (Phi) is 4.66. The maximum absolute atomic E-state index is 12.1. The van der Waals surface area contributed by atoms with Crippen molar-refractivity contribution >= 4 is 17.7 Å². The van der Waals surface area contributed by atoms with Crippen LogP contribution < -0.4 is 5.32 Å². The molecule has 2 atom stereocenters. The lowest BCUT2D eigenvalue weighted by Gasteiger charge is -2.38. The number of nitrogens with one attached hydrogen (secondary N) is 1. The van der Waals surface area contributed by atoms with Gasteiger partial charge in [0.1, 0.15) is 6.61 Å². The molecule has 1 amide bonds. The molecule has 0 radical (unpaired) electrons. The summed E-state index contributed by atoms with van der Waals surface area (Å²) < 4.78 is 5.36. The highest BCUT2D eigenvalue weighted by molar-refractivity contribution is 6.31. The molecule has 1 heterocycles. The predicted molar refractivity (Wildman–Crippen MR) is 75.3 cm³/mol. The van der Waals surface area contributed by atoms with Crippen LogP contribution in [0.1, 0.15) is 19.4 Å². The van der Waals surface area contributed by atoms with E-state index in [9.17, 15) is 4.79 Å². The summed E-state index contributed by atoms with van der Waals surface area (Å²) in [6.07, 6.45) is -0.276.